The van der Waals surface area contributed by atoms with Crippen molar-refractivity contribution >= 4 is 21.9 Å². The van der Waals surface area contributed by atoms with Crippen LogP contribution in [0.25, 0.3) is 0 Å². The smallest absolute Gasteiger partial charge is 0.191 e. The summed E-state index contributed by atoms with van der Waals surface area (Å²) in [7, 11) is 1.81. The van der Waals surface area contributed by atoms with Gasteiger partial charge in [-0.25, -0.2) is 0 Å². The number of rotatable bonds is 6. The van der Waals surface area contributed by atoms with E-state index < -0.39 is 0 Å². The summed E-state index contributed by atoms with van der Waals surface area (Å²) in [5.74, 6) is 0.845. The zero-order chi connectivity index (χ0) is 17.0. The van der Waals surface area contributed by atoms with Crippen molar-refractivity contribution in [1.82, 2.24) is 20.4 Å². The molecule has 2 aromatic rings. The molecule has 3 rings (SSSR count). The molecule has 24 heavy (non-hydrogen) atoms. The summed E-state index contributed by atoms with van der Waals surface area (Å²) in [6.07, 6.45) is 6.35. The number of hydrogen-bond acceptors (Lipinski definition) is 2. The Bertz CT molecular complexity index is 718. The Balaban J connectivity index is 1.50. The molecule has 0 atom stereocenters. The van der Waals surface area contributed by atoms with E-state index in [0.717, 1.165) is 25.6 Å². The first-order valence-corrected chi connectivity index (χ1v) is 9.11. The van der Waals surface area contributed by atoms with E-state index in [1.807, 2.05) is 31.0 Å². The minimum absolute atomic E-state index is 0.233. The highest BCUT2D eigenvalue weighted by molar-refractivity contribution is 9.10. The zero-order valence-electron chi connectivity index (χ0n) is 14.2. The molecule has 1 heterocycles. The second kappa shape index (κ2) is 7.38. The number of benzene rings is 1. The van der Waals surface area contributed by atoms with Crippen LogP contribution in [-0.4, -0.2) is 35.9 Å². The highest BCUT2D eigenvalue weighted by Crippen LogP contribution is 2.49. The lowest BCUT2D eigenvalue weighted by Crippen LogP contribution is -2.42. The molecule has 1 aromatic heterocycles. The van der Waals surface area contributed by atoms with Crippen LogP contribution in [0.2, 0.25) is 0 Å². The summed E-state index contributed by atoms with van der Waals surface area (Å²) < 4.78 is 3.14. The normalized spacial score (nSPS) is 16.0. The van der Waals surface area contributed by atoms with Crippen LogP contribution in [0.3, 0.4) is 0 Å². The molecule has 6 heteroatoms. The molecule has 0 radical (unpaired) electrons. The van der Waals surface area contributed by atoms with Gasteiger partial charge in [0.2, 0.25) is 0 Å². The minimum atomic E-state index is 0.233. The number of halogens is 1. The Labute approximate surface area is 151 Å². The zero-order valence-corrected chi connectivity index (χ0v) is 15.8. The van der Waals surface area contributed by atoms with Crippen molar-refractivity contribution in [3.05, 3.63) is 52.3 Å². The van der Waals surface area contributed by atoms with Crippen LogP contribution in [-0.2, 0) is 12.0 Å². The van der Waals surface area contributed by atoms with Crippen molar-refractivity contribution in [2.45, 2.75) is 31.7 Å². The fourth-order valence-electron chi connectivity index (χ4n) is 2.94. The second-order valence-electron chi connectivity index (χ2n) is 6.39. The fraction of sp³-hybridized carbons (Fsp3) is 0.444. The van der Waals surface area contributed by atoms with E-state index in [9.17, 15) is 0 Å². The van der Waals surface area contributed by atoms with E-state index in [2.05, 4.69) is 60.9 Å². The average molecular weight is 390 g/mol. The van der Waals surface area contributed by atoms with Crippen LogP contribution in [0.5, 0.6) is 0 Å². The van der Waals surface area contributed by atoms with Gasteiger partial charge in [0.25, 0.3) is 0 Å². The van der Waals surface area contributed by atoms with Gasteiger partial charge in [-0.15, -0.1) is 0 Å². The maximum Gasteiger partial charge on any atom is 0.191 e. The highest BCUT2D eigenvalue weighted by atomic mass is 79.9. The molecule has 1 saturated carbocycles. The lowest BCUT2D eigenvalue weighted by Gasteiger charge is -2.20. The molecule has 128 valence electrons. The van der Waals surface area contributed by atoms with Gasteiger partial charge in [-0.2, -0.15) is 5.10 Å². The maximum atomic E-state index is 4.32. The molecule has 1 aliphatic carbocycles. The van der Waals surface area contributed by atoms with Gasteiger partial charge < -0.3 is 10.6 Å². The summed E-state index contributed by atoms with van der Waals surface area (Å²) >= 11 is 3.68. The molecule has 5 nitrogen and oxygen atoms in total. The van der Waals surface area contributed by atoms with E-state index in [4.69, 9.17) is 0 Å². The summed E-state index contributed by atoms with van der Waals surface area (Å²) in [6.45, 7) is 4.57. The number of nitrogens with zero attached hydrogens (tertiary/aromatic N) is 3. The predicted molar refractivity (Wildman–Crippen MR) is 101 cm³/mol. The molecule has 1 fully saturated rings. The predicted octanol–water partition coefficient (Wildman–Crippen LogP) is 2.85. The van der Waals surface area contributed by atoms with Crippen LogP contribution >= 0.6 is 15.9 Å². The summed E-state index contributed by atoms with van der Waals surface area (Å²) in [6, 6.07) is 8.51. The Morgan fingerprint density at radius 2 is 2.12 bits per heavy atom. The third kappa shape index (κ3) is 3.98. The standard InChI is InChI=1S/C18H24BrN5/c1-14-11-23-24(12-14)10-9-21-17(20-2)22-13-18(7-8-18)15-5-3-4-6-16(15)19/h3-6,11-12H,7-10,13H2,1-2H3,(H2,20,21,22). The maximum absolute atomic E-state index is 4.32. The third-order valence-electron chi connectivity index (χ3n) is 4.51. The largest absolute Gasteiger partial charge is 0.356 e. The SMILES string of the molecule is CN=C(NCCn1cc(C)cn1)NCC1(c2ccccc2Br)CC1. The number of aliphatic imine (C=N–C) groups is 1. The van der Waals surface area contributed by atoms with Crippen molar-refractivity contribution in [1.29, 1.82) is 0 Å². The monoisotopic (exact) mass is 389 g/mol. The van der Waals surface area contributed by atoms with E-state index in [1.165, 1.54) is 28.4 Å². The minimum Gasteiger partial charge on any atom is -0.356 e. The van der Waals surface area contributed by atoms with Crippen LogP contribution in [0.1, 0.15) is 24.0 Å². The van der Waals surface area contributed by atoms with Crippen LogP contribution in [0, 0.1) is 6.92 Å². The quantitative estimate of drug-likeness (QED) is 0.589. The van der Waals surface area contributed by atoms with Gasteiger partial charge in [-0.1, -0.05) is 34.1 Å². The van der Waals surface area contributed by atoms with Gasteiger partial charge in [0.1, 0.15) is 0 Å². The lowest BCUT2D eigenvalue weighted by atomic mass is 9.96. The third-order valence-corrected chi connectivity index (χ3v) is 5.20. The van der Waals surface area contributed by atoms with E-state index in [1.54, 1.807) is 0 Å². The molecular weight excluding hydrogens is 366 g/mol. The lowest BCUT2D eigenvalue weighted by molar-refractivity contribution is 0.590. The number of nitrogens with one attached hydrogen (secondary N) is 2. The highest BCUT2D eigenvalue weighted by Gasteiger charge is 2.45. The Kier molecular flexibility index (Phi) is 5.23. The molecule has 0 saturated heterocycles. The molecular formula is C18H24BrN5. The van der Waals surface area contributed by atoms with Gasteiger partial charge in [-0.05, 0) is 37.0 Å². The van der Waals surface area contributed by atoms with Gasteiger partial charge in [0.15, 0.2) is 5.96 Å². The van der Waals surface area contributed by atoms with Crippen molar-refractivity contribution in [3.8, 4) is 0 Å². The molecule has 2 N–H and O–H groups in total. The van der Waals surface area contributed by atoms with Crippen molar-refractivity contribution in [2.75, 3.05) is 20.1 Å². The fourth-order valence-corrected chi connectivity index (χ4v) is 3.64. The summed E-state index contributed by atoms with van der Waals surface area (Å²) in [4.78, 5) is 4.32. The van der Waals surface area contributed by atoms with Gasteiger partial charge >= 0.3 is 0 Å². The second-order valence-corrected chi connectivity index (χ2v) is 7.25. The molecule has 0 unspecified atom stereocenters. The first-order chi connectivity index (χ1) is 11.6. The van der Waals surface area contributed by atoms with Gasteiger partial charge in [-0.3, -0.25) is 9.67 Å². The van der Waals surface area contributed by atoms with E-state index in [-0.39, 0.29) is 5.41 Å². The Hall–Kier alpha value is -1.82. The number of aryl methyl sites for hydroxylation is 1. The number of aromatic nitrogens is 2. The molecule has 1 aromatic carbocycles. The number of hydrogen-bond donors (Lipinski definition) is 2. The van der Waals surface area contributed by atoms with Gasteiger partial charge in [0, 0.05) is 36.2 Å². The Morgan fingerprint density at radius 1 is 1.33 bits per heavy atom. The van der Waals surface area contributed by atoms with Crippen molar-refractivity contribution < 1.29 is 0 Å². The Morgan fingerprint density at radius 3 is 2.75 bits per heavy atom. The van der Waals surface area contributed by atoms with Crippen molar-refractivity contribution in [3.63, 3.8) is 0 Å². The summed E-state index contributed by atoms with van der Waals surface area (Å²) in [5, 5.41) is 11.1. The van der Waals surface area contributed by atoms with Crippen LogP contribution in [0.4, 0.5) is 0 Å². The molecule has 1 aliphatic rings. The molecule has 0 spiro atoms. The van der Waals surface area contributed by atoms with Crippen LogP contribution < -0.4 is 10.6 Å². The van der Waals surface area contributed by atoms with Crippen LogP contribution in [0.15, 0.2) is 46.1 Å². The molecule has 0 bridgehead atoms. The van der Waals surface area contributed by atoms with Gasteiger partial charge in [0.05, 0.1) is 12.7 Å². The molecule has 0 aliphatic heterocycles. The molecule has 0 amide bonds. The summed E-state index contributed by atoms with van der Waals surface area (Å²) in [5.41, 5.74) is 2.80. The number of guanidine groups is 1. The van der Waals surface area contributed by atoms with E-state index >= 15 is 0 Å². The van der Waals surface area contributed by atoms with Crippen molar-refractivity contribution in [2.24, 2.45) is 4.99 Å². The topological polar surface area (TPSA) is 54.2 Å². The first-order valence-electron chi connectivity index (χ1n) is 8.31. The average Bonchev–Trinajstić information content (AvgIpc) is 3.26. The first kappa shape index (κ1) is 17.0. The van der Waals surface area contributed by atoms with E-state index in [0.29, 0.717) is 0 Å².